The lowest BCUT2D eigenvalue weighted by atomic mass is 9.97. The largest absolute Gasteiger partial charge is 0.378 e. The molecule has 2 atom stereocenters. The van der Waals surface area contributed by atoms with Crippen LogP contribution in [-0.4, -0.2) is 138 Å². The molecule has 2 aliphatic rings. The van der Waals surface area contributed by atoms with Gasteiger partial charge in [-0.3, -0.25) is 14.4 Å². The second kappa shape index (κ2) is 21.0. The molecule has 4 rings (SSSR count). The first kappa shape index (κ1) is 38.4. The van der Waals surface area contributed by atoms with E-state index in [9.17, 15) is 14.4 Å². The van der Waals surface area contributed by atoms with Gasteiger partial charge >= 0.3 is 0 Å². The number of fused-ring (bicyclic) bond motifs is 1. The second-order valence-corrected chi connectivity index (χ2v) is 12.7. The number of nitrogens with one attached hydrogen (secondary N) is 5. The number of rotatable bonds is 21. The standard InChI is InChI=1S/C34H52ClN9O5/c1-25-3-8-29-32(25)33(42-24-41-29)43-13-15-44(16-14-43)34(47)28(26-4-6-27(35)7-5-26)21-37-9-10-39-31(46)23-38-11-17-48-19-20-49-18-12-40-30(45)22-36-2/h4-7,24-25,28,36-38H,3,8-23H2,1-2H3,(H,39,46)(H,40,45). The zero-order chi connectivity index (χ0) is 34.8. The minimum atomic E-state index is -0.376. The highest BCUT2D eigenvalue weighted by Crippen LogP contribution is 2.37. The summed E-state index contributed by atoms with van der Waals surface area (Å²) in [6, 6.07) is 7.45. The number of nitrogens with zero attached hydrogens (tertiary/aromatic N) is 4. The van der Waals surface area contributed by atoms with Crippen molar-refractivity contribution in [3.63, 3.8) is 0 Å². The van der Waals surface area contributed by atoms with Gasteiger partial charge in [-0.1, -0.05) is 30.7 Å². The molecule has 270 valence electrons. The van der Waals surface area contributed by atoms with E-state index in [2.05, 4.69) is 48.4 Å². The lowest BCUT2D eigenvalue weighted by Gasteiger charge is -2.38. The van der Waals surface area contributed by atoms with E-state index in [0.717, 1.165) is 43.0 Å². The maximum Gasteiger partial charge on any atom is 0.234 e. The summed E-state index contributed by atoms with van der Waals surface area (Å²) < 4.78 is 10.9. The molecule has 0 spiro atoms. The van der Waals surface area contributed by atoms with Crippen LogP contribution in [0.1, 0.15) is 42.0 Å². The van der Waals surface area contributed by atoms with Gasteiger partial charge in [0.25, 0.3) is 0 Å². The molecule has 15 heteroatoms. The number of carbonyl (C=O) groups is 3. The molecule has 1 aromatic carbocycles. The summed E-state index contributed by atoms with van der Waals surface area (Å²) in [4.78, 5) is 50.8. The highest BCUT2D eigenvalue weighted by Gasteiger charge is 2.32. The van der Waals surface area contributed by atoms with Crippen LogP contribution in [0.3, 0.4) is 0 Å². The van der Waals surface area contributed by atoms with Crippen LogP contribution >= 0.6 is 11.6 Å². The first-order valence-electron chi connectivity index (χ1n) is 17.2. The summed E-state index contributed by atoms with van der Waals surface area (Å²) in [5.74, 6) is 0.987. The number of aromatic nitrogens is 2. The quantitative estimate of drug-likeness (QED) is 0.114. The summed E-state index contributed by atoms with van der Waals surface area (Å²) in [5.41, 5.74) is 3.32. The van der Waals surface area contributed by atoms with Crippen LogP contribution in [0.4, 0.5) is 5.82 Å². The monoisotopic (exact) mass is 701 g/mol. The molecule has 1 fully saturated rings. The number of carbonyl (C=O) groups excluding carboxylic acids is 3. The van der Waals surface area contributed by atoms with Gasteiger partial charge in [0.1, 0.15) is 12.1 Å². The highest BCUT2D eigenvalue weighted by atomic mass is 35.5. The molecule has 1 aliphatic carbocycles. The molecule has 49 heavy (non-hydrogen) atoms. The summed E-state index contributed by atoms with van der Waals surface area (Å²) in [6.45, 7) is 9.53. The molecule has 0 saturated carbocycles. The van der Waals surface area contributed by atoms with Gasteiger partial charge in [-0.2, -0.15) is 0 Å². The fourth-order valence-electron chi connectivity index (χ4n) is 6.03. The van der Waals surface area contributed by atoms with Crippen molar-refractivity contribution >= 4 is 35.1 Å². The normalized spacial score (nSPS) is 16.3. The number of ether oxygens (including phenoxy) is 2. The average Bonchev–Trinajstić information content (AvgIpc) is 3.50. The molecule has 1 saturated heterocycles. The Labute approximate surface area is 294 Å². The van der Waals surface area contributed by atoms with Crippen LogP contribution in [0.5, 0.6) is 0 Å². The fraction of sp³-hybridized carbons (Fsp3) is 0.618. The predicted octanol–water partition coefficient (Wildman–Crippen LogP) is 0.276. The molecule has 3 amide bonds. The Morgan fingerprint density at radius 1 is 0.878 bits per heavy atom. The first-order chi connectivity index (χ1) is 23.9. The molecule has 1 aromatic heterocycles. The lowest BCUT2D eigenvalue weighted by Crippen LogP contribution is -2.51. The van der Waals surface area contributed by atoms with E-state index in [4.69, 9.17) is 21.1 Å². The minimum absolute atomic E-state index is 0.0682. The van der Waals surface area contributed by atoms with Crippen molar-refractivity contribution in [3.8, 4) is 0 Å². The third-order valence-corrected chi connectivity index (χ3v) is 8.92. The van der Waals surface area contributed by atoms with Crippen molar-refractivity contribution in [2.45, 2.75) is 31.6 Å². The third kappa shape index (κ3) is 12.5. The van der Waals surface area contributed by atoms with Gasteiger partial charge in [0.2, 0.25) is 17.7 Å². The zero-order valence-electron chi connectivity index (χ0n) is 28.8. The molecular formula is C34H52ClN9O5. The predicted molar refractivity (Wildman–Crippen MR) is 189 cm³/mol. The SMILES string of the molecule is CNCC(=O)NCCOCCOCCNCC(=O)NCCNCC(C(=O)N1CCN(c2ncnc3c2C(C)CC3)CC1)c1ccc(Cl)cc1. The van der Waals surface area contributed by atoms with Crippen LogP contribution in [-0.2, 0) is 30.3 Å². The topological polar surface area (TPSA) is 162 Å². The molecule has 5 N–H and O–H groups in total. The summed E-state index contributed by atoms with van der Waals surface area (Å²) >= 11 is 6.15. The number of hydrogen-bond donors (Lipinski definition) is 5. The number of amides is 3. The molecule has 14 nitrogen and oxygen atoms in total. The van der Waals surface area contributed by atoms with E-state index in [1.54, 1.807) is 13.4 Å². The van der Waals surface area contributed by atoms with Gasteiger partial charge in [0.05, 0.1) is 45.4 Å². The van der Waals surface area contributed by atoms with Gasteiger partial charge in [-0.15, -0.1) is 0 Å². The van der Waals surface area contributed by atoms with E-state index in [1.165, 1.54) is 5.56 Å². The van der Waals surface area contributed by atoms with E-state index in [1.807, 2.05) is 29.2 Å². The van der Waals surface area contributed by atoms with Crippen molar-refractivity contribution < 1.29 is 23.9 Å². The molecule has 2 heterocycles. The number of hydrogen-bond acceptors (Lipinski definition) is 11. The van der Waals surface area contributed by atoms with Crippen LogP contribution in [0.25, 0.3) is 0 Å². The molecule has 1 aliphatic heterocycles. The van der Waals surface area contributed by atoms with Crippen LogP contribution in [0.15, 0.2) is 30.6 Å². The summed E-state index contributed by atoms with van der Waals surface area (Å²) in [5, 5.41) is 15.5. The lowest BCUT2D eigenvalue weighted by molar-refractivity contribution is -0.133. The average molecular weight is 702 g/mol. The maximum atomic E-state index is 13.9. The molecule has 0 radical (unpaired) electrons. The van der Waals surface area contributed by atoms with Gasteiger partial charge < -0.3 is 45.9 Å². The number of benzene rings is 1. The van der Waals surface area contributed by atoms with Crippen molar-refractivity contribution in [3.05, 3.63) is 52.4 Å². The first-order valence-corrected chi connectivity index (χ1v) is 17.6. The van der Waals surface area contributed by atoms with E-state index in [0.29, 0.717) is 83.2 Å². The zero-order valence-corrected chi connectivity index (χ0v) is 29.5. The Bertz CT molecular complexity index is 1330. The Morgan fingerprint density at radius 3 is 2.31 bits per heavy atom. The molecular weight excluding hydrogens is 650 g/mol. The van der Waals surface area contributed by atoms with E-state index in [-0.39, 0.29) is 36.7 Å². The second-order valence-electron chi connectivity index (χ2n) is 12.2. The minimum Gasteiger partial charge on any atom is -0.378 e. The Hall–Kier alpha value is -3.40. The van der Waals surface area contributed by atoms with Crippen molar-refractivity contribution in [1.82, 2.24) is 41.5 Å². The van der Waals surface area contributed by atoms with Gasteiger partial charge in [0, 0.05) is 75.2 Å². The molecule has 2 aromatic rings. The Kier molecular flexibility index (Phi) is 16.4. The van der Waals surface area contributed by atoms with Gasteiger partial charge in [-0.05, 0) is 43.5 Å². The Balaban J connectivity index is 1.10. The summed E-state index contributed by atoms with van der Waals surface area (Å²) in [6.07, 6.45) is 3.77. The number of aryl methyl sites for hydroxylation is 1. The van der Waals surface area contributed by atoms with E-state index >= 15 is 0 Å². The van der Waals surface area contributed by atoms with Crippen molar-refractivity contribution in [1.29, 1.82) is 0 Å². The van der Waals surface area contributed by atoms with E-state index < -0.39 is 0 Å². The third-order valence-electron chi connectivity index (χ3n) is 8.67. The molecule has 0 bridgehead atoms. The number of piperazine rings is 1. The van der Waals surface area contributed by atoms with Crippen molar-refractivity contribution in [2.75, 3.05) is 110 Å². The fourth-order valence-corrected chi connectivity index (χ4v) is 6.16. The smallest absolute Gasteiger partial charge is 0.234 e. The van der Waals surface area contributed by atoms with Crippen LogP contribution in [0.2, 0.25) is 5.02 Å². The van der Waals surface area contributed by atoms with Crippen LogP contribution < -0.4 is 31.5 Å². The highest BCUT2D eigenvalue weighted by molar-refractivity contribution is 6.30. The molecule has 2 unspecified atom stereocenters. The number of anilines is 1. The Morgan fingerprint density at radius 2 is 1.57 bits per heavy atom. The summed E-state index contributed by atoms with van der Waals surface area (Å²) in [7, 11) is 1.72. The van der Waals surface area contributed by atoms with Crippen LogP contribution in [0, 0.1) is 0 Å². The number of likely N-dealkylation sites (N-methyl/N-ethyl adjacent to an activating group) is 1. The maximum absolute atomic E-state index is 13.9. The number of halogens is 1. The van der Waals surface area contributed by atoms with Gasteiger partial charge in [-0.25, -0.2) is 9.97 Å². The van der Waals surface area contributed by atoms with Gasteiger partial charge in [0.15, 0.2) is 0 Å². The van der Waals surface area contributed by atoms with Crippen molar-refractivity contribution in [2.24, 2.45) is 0 Å².